The first-order chi connectivity index (χ1) is 14.8. The molecule has 184 valence electrons. The molecular formula is C16H18F6O10. The predicted molar refractivity (Wildman–Crippen MR) is 82.8 cm³/mol. The lowest BCUT2D eigenvalue weighted by molar-refractivity contribution is -0.208. The fourth-order valence-electron chi connectivity index (χ4n) is 3.50. The Kier molecular flexibility index (Phi) is 7.21. The first kappa shape index (κ1) is 24.9. The van der Waals surface area contributed by atoms with Gasteiger partial charge in [-0.1, -0.05) is 0 Å². The van der Waals surface area contributed by atoms with Crippen LogP contribution in [0.2, 0.25) is 0 Å². The standard InChI is InChI=1S/2C8H9F3O5/c2*9-8(10,11)7(13)16-4-2-15-5-3(12)1-14-6(4)5/h2*3-6,12H,1-2H2/t2*3-,4+,5-,6-/m11/s1. The molecule has 0 aromatic rings. The third-order valence-corrected chi connectivity index (χ3v) is 4.94. The predicted octanol–water partition coefficient (Wildman–Crippen LogP) is -0.762. The van der Waals surface area contributed by atoms with E-state index in [9.17, 15) is 46.1 Å². The minimum atomic E-state index is -5.03. The van der Waals surface area contributed by atoms with Crippen LogP contribution in [0, 0.1) is 0 Å². The number of hydrogen-bond donors (Lipinski definition) is 2. The quantitative estimate of drug-likeness (QED) is 0.381. The molecule has 4 aliphatic rings. The Morgan fingerprint density at radius 1 is 0.625 bits per heavy atom. The highest BCUT2D eigenvalue weighted by molar-refractivity contribution is 5.76. The van der Waals surface area contributed by atoms with Crippen LogP contribution in [-0.2, 0) is 38.0 Å². The van der Waals surface area contributed by atoms with Gasteiger partial charge in [-0.2, -0.15) is 26.3 Å². The van der Waals surface area contributed by atoms with Gasteiger partial charge in [0.25, 0.3) is 0 Å². The van der Waals surface area contributed by atoms with Crippen LogP contribution < -0.4 is 0 Å². The van der Waals surface area contributed by atoms with E-state index in [0.29, 0.717) is 0 Å². The number of fused-ring (bicyclic) bond motifs is 2. The van der Waals surface area contributed by atoms with E-state index in [2.05, 4.69) is 9.47 Å². The summed E-state index contributed by atoms with van der Waals surface area (Å²) in [7, 11) is 0. The van der Waals surface area contributed by atoms with Crippen LogP contribution in [0.15, 0.2) is 0 Å². The first-order valence-electron chi connectivity index (χ1n) is 9.17. The van der Waals surface area contributed by atoms with Crippen molar-refractivity contribution in [2.75, 3.05) is 26.4 Å². The monoisotopic (exact) mass is 484 g/mol. The molecule has 0 aromatic carbocycles. The van der Waals surface area contributed by atoms with E-state index in [1.165, 1.54) is 0 Å². The molecule has 10 nitrogen and oxygen atoms in total. The summed E-state index contributed by atoms with van der Waals surface area (Å²) in [5.41, 5.74) is 0. The van der Waals surface area contributed by atoms with Gasteiger partial charge in [0, 0.05) is 0 Å². The summed E-state index contributed by atoms with van der Waals surface area (Å²) in [5.74, 6) is -4.54. The van der Waals surface area contributed by atoms with Gasteiger partial charge in [-0.05, 0) is 0 Å². The number of ether oxygens (including phenoxy) is 6. The molecule has 4 fully saturated rings. The maximum Gasteiger partial charge on any atom is 0.490 e. The normalized spacial score (nSPS) is 38.5. The molecule has 0 bridgehead atoms. The van der Waals surface area contributed by atoms with E-state index in [0.717, 1.165) is 0 Å². The molecule has 8 atom stereocenters. The second-order valence-corrected chi connectivity index (χ2v) is 7.21. The van der Waals surface area contributed by atoms with Crippen molar-refractivity contribution in [1.29, 1.82) is 0 Å². The van der Waals surface area contributed by atoms with E-state index in [1.54, 1.807) is 0 Å². The molecule has 4 saturated heterocycles. The molecule has 0 aliphatic carbocycles. The average molecular weight is 484 g/mol. The molecule has 0 unspecified atom stereocenters. The van der Waals surface area contributed by atoms with Crippen molar-refractivity contribution in [2.24, 2.45) is 0 Å². The SMILES string of the molecule is O=C(O[C@H]1CO[C@H]2[C@@H]1OC[C@H]2O)C(F)(F)F.O=C(O[C@H]1CO[C@H]2[C@@H]1OC[C@H]2O)C(F)(F)F. The molecule has 32 heavy (non-hydrogen) atoms. The van der Waals surface area contributed by atoms with Gasteiger partial charge in [0.15, 0.2) is 12.2 Å². The summed E-state index contributed by atoms with van der Waals surface area (Å²) in [6.07, 6.45) is -17.1. The third-order valence-electron chi connectivity index (χ3n) is 4.94. The Morgan fingerprint density at radius 2 is 0.938 bits per heavy atom. The minimum Gasteiger partial charge on any atom is -0.450 e. The summed E-state index contributed by atoms with van der Waals surface area (Å²) in [5, 5.41) is 18.6. The highest BCUT2D eigenvalue weighted by atomic mass is 19.4. The second-order valence-electron chi connectivity index (χ2n) is 7.21. The molecule has 4 heterocycles. The van der Waals surface area contributed by atoms with Gasteiger partial charge >= 0.3 is 24.3 Å². The zero-order chi connectivity index (χ0) is 23.8. The Balaban J connectivity index is 0.000000181. The lowest BCUT2D eigenvalue weighted by Gasteiger charge is -2.17. The van der Waals surface area contributed by atoms with Crippen molar-refractivity contribution in [3.63, 3.8) is 0 Å². The summed E-state index contributed by atoms with van der Waals surface area (Å²) in [6.45, 7) is -0.465. The molecule has 0 amide bonds. The number of halogens is 6. The summed E-state index contributed by atoms with van der Waals surface area (Å²) < 4.78 is 99.9. The fraction of sp³-hybridized carbons (Fsp3) is 0.875. The van der Waals surface area contributed by atoms with Gasteiger partial charge in [-0.25, -0.2) is 9.59 Å². The van der Waals surface area contributed by atoms with Gasteiger partial charge in [-0.3, -0.25) is 0 Å². The number of rotatable bonds is 2. The largest absolute Gasteiger partial charge is 0.490 e. The molecule has 16 heteroatoms. The maximum absolute atomic E-state index is 11.9. The van der Waals surface area contributed by atoms with Crippen LogP contribution in [0.3, 0.4) is 0 Å². The topological polar surface area (TPSA) is 130 Å². The Hall–Kier alpha value is -1.72. The number of hydrogen-bond acceptors (Lipinski definition) is 10. The average Bonchev–Trinajstić information content (AvgIpc) is 3.42. The van der Waals surface area contributed by atoms with E-state index in [-0.39, 0.29) is 26.4 Å². The smallest absolute Gasteiger partial charge is 0.450 e. The van der Waals surface area contributed by atoms with E-state index < -0.39 is 73.1 Å². The van der Waals surface area contributed by atoms with Gasteiger partial charge in [0.1, 0.15) is 36.6 Å². The van der Waals surface area contributed by atoms with Crippen molar-refractivity contribution in [1.82, 2.24) is 0 Å². The summed E-state index contributed by atoms with van der Waals surface area (Å²) in [4.78, 5) is 21.1. The van der Waals surface area contributed by atoms with Crippen LogP contribution in [-0.4, -0.2) is 110 Å². The number of carbonyl (C=O) groups is 2. The lowest BCUT2D eigenvalue weighted by Crippen LogP contribution is -2.37. The van der Waals surface area contributed by atoms with Crippen molar-refractivity contribution in [3.05, 3.63) is 0 Å². The second kappa shape index (κ2) is 9.26. The van der Waals surface area contributed by atoms with Crippen LogP contribution in [0.1, 0.15) is 0 Å². The zero-order valence-corrected chi connectivity index (χ0v) is 15.9. The summed E-state index contributed by atoms with van der Waals surface area (Å²) >= 11 is 0. The highest BCUT2D eigenvalue weighted by Gasteiger charge is 2.53. The molecule has 4 aliphatic heterocycles. The maximum atomic E-state index is 11.9. The fourth-order valence-corrected chi connectivity index (χ4v) is 3.50. The van der Waals surface area contributed by atoms with Crippen LogP contribution in [0.4, 0.5) is 26.3 Å². The van der Waals surface area contributed by atoms with Crippen LogP contribution >= 0.6 is 0 Å². The molecule has 0 radical (unpaired) electrons. The number of aliphatic hydroxyl groups excluding tert-OH is 2. The van der Waals surface area contributed by atoms with Gasteiger partial charge in [0.05, 0.1) is 26.4 Å². The number of aliphatic hydroxyl groups is 2. The molecule has 0 spiro atoms. The van der Waals surface area contributed by atoms with Gasteiger partial charge in [0.2, 0.25) is 0 Å². The van der Waals surface area contributed by atoms with Gasteiger partial charge < -0.3 is 38.6 Å². The summed E-state index contributed by atoms with van der Waals surface area (Å²) in [6, 6.07) is 0. The van der Waals surface area contributed by atoms with E-state index >= 15 is 0 Å². The van der Waals surface area contributed by atoms with Crippen molar-refractivity contribution in [3.8, 4) is 0 Å². The van der Waals surface area contributed by atoms with Crippen LogP contribution in [0.5, 0.6) is 0 Å². The molecule has 2 N–H and O–H groups in total. The molecular weight excluding hydrogens is 466 g/mol. The van der Waals surface area contributed by atoms with Crippen LogP contribution in [0.25, 0.3) is 0 Å². The van der Waals surface area contributed by atoms with E-state index in [4.69, 9.17) is 18.9 Å². The molecule has 4 rings (SSSR count). The Morgan fingerprint density at radius 3 is 1.25 bits per heavy atom. The zero-order valence-electron chi connectivity index (χ0n) is 15.9. The Bertz CT molecular complexity index is 642. The first-order valence-corrected chi connectivity index (χ1v) is 9.17. The lowest BCUT2D eigenvalue weighted by atomic mass is 10.1. The third kappa shape index (κ3) is 5.43. The number of carbonyl (C=O) groups excluding carboxylic acids is 2. The van der Waals surface area contributed by atoms with Crippen molar-refractivity contribution < 1.29 is 74.6 Å². The number of esters is 2. The van der Waals surface area contributed by atoms with Gasteiger partial charge in [-0.15, -0.1) is 0 Å². The van der Waals surface area contributed by atoms with Crippen molar-refractivity contribution >= 4 is 11.9 Å². The Labute approximate surface area is 175 Å². The molecule has 0 saturated carbocycles. The van der Waals surface area contributed by atoms with Crippen molar-refractivity contribution in [2.45, 2.75) is 61.2 Å². The number of alkyl halides is 6. The van der Waals surface area contributed by atoms with E-state index in [1.807, 2.05) is 0 Å². The minimum absolute atomic E-state index is 0.0323. The molecule has 0 aromatic heterocycles. The highest BCUT2D eigenvalue weighted by Crippen LogP contribution is 2.31.